The Bertz CT molecular complexity index is 1080. The maximum atomic E-state index is 13.1. The number of likely N-dealkylation sites (N-methyl/N-ethyl adjacent to an activating group) is 1. The number of hydrogen-bond donors (Lipinski definition) is 1. The van der Waals surface area contributed by atoms with Crippen molar-refractivity contribution in [3.63, 3.8) is 0 Å². The van der Waals surface area contributed by atoms with E-state index in [2.05, 4.69) is 0 Å². The molecule has 1 atom stereocenters. The van der Waals surface area contributed by atoms with E-state index in [0.29, 0.717) is 31.7 Å². The van der Waals surface area contributed by atoms with Gasteiger partial charge in [-0.15, -0.1) is 0 Å². The average molecular weight is 437 g/mol. The normalized spacial score (nSPS) is 19.8. The second-order valence-corrected chi connectivity index (χ2v) is 8.21. The van der Waals surface area contributed by atoms with Crippen LogP contribution in [0.5, 0.6) is 5.75 Å². The molecule has 1 fully saturated rings. The van der Waals surface area contributed by atoms with Gasteiger partial charge in [-0.1, -0.05) is 29.8 Å². The number of ether oxygens (including phenoxy) is 2. The van der Waals surface area contributed by atoms with Crippen LogP contribution >= 0.6 is 0 Å². The Labute approximate surface area is 187 Å². The number of carbonyl (C=O) groups is 2. The number of likely N-dealkylation sites (tertiary alicyclic amines) is 1. The zero-order valence-electron chi connectivity index (χ0n) is 18.6. The van der Waals surface area contributed by atoms with Crippen molar-refractivity contribution < 1.29 is 24.2 Å². The fourth-order valence-corrected chi connectivity index (χ4v) is 4.33. The molecule has 1 saturated heterocycles. The van der Waals surface area contributed by atoms with Gasteiger partial charge in [0, 0.05) is 32.9 Å². The molecule has 1 N–H and O–H groups in total. The fraction of sp³-hybridized carbons (Fsp3) is 0.360. The number of aliphatic hydroxyl groups excluding tert-OH is 1. The molecule has 168 valence electrons. The van der Waals surface area contributed by atoms with E-state index in [-0.39, 0.29) is 11.3 Å². The fourth-order valence-electron chi connectivity index (χ4n) is 4.33. The first-order chi connectivity index (χ1) is 15.4. The van der Waals surface area contributed by atoms with Crippen molar-refractivity contribution in [2.45, 2.75) is 19.4 Å². The summed E-state index contributed by atoms with van der Waals surface area (Å²) in [6.45, 7) is 4.11. The van der Waals surface area contributed by atoms with Crippen LogP contribution < -0.4 is 9.64 Å². The number of ketones is 1. The largest absolute Gasteiger partial charge is 0.507 e. The lowest BCUT2D eigenvalue weighted by atomic mass is 9.94. The number of nitrogens with zero attached hydrogens (tertiary/aromatic N) is 2. The number of benzene rings is 2. The van der Waals surface area contributed by atoms with Crippen molar-refractivity contribution in [2.24, 2.45) is 0 Å². The molecule has 2 aliphatic rings. The van der Waals surface area contributed by atoms with Crippen LogP contribution in [-0.4, -0.2) is 62.2 Å². The van der Waals surface area contributed by atoms with Gasteiger partial charge in [0.2, 0.25) is 0 Å². The average Bonchev–Trinajstić information content (AvgIpc) is 3.04. The highest BCUT2D eigenvalue weighted by Gasteiger charge is 2.45. The van der Waals surface area contributed by atoms with E-state index in [0.717, 1.165) is 29.1 Å². The number of carbonyl (C=O) groups excluding carboxylic acids is 2. The summed E-state index contributed by atoms with van der Waals surface area (Å²) in [5, 5.41) is 11.3. The summed E-state index contributed by atoms with van der Waals surface area (Å²) in [5.74, 6) is -0.724. The molecule has 2 aliphatic heterocycles. The molecule has 0 aromatic heterocycles. The molecule has 32 heavy (non-hydrogen) atoms. The van der Waals surface area contributed by atoms with E-state index in [1.54, 1.807) is 25.3 Å². The zero-order chi connectivity index (χ0) is 22.8. The minimum Gasteiger partial charge on any atom is -0.507 e. The zero-order valence-corrected chi connectivity index (χ0v) is 18.6. The Morgan fingerprint density at radius 1 is 1.22 bits per heavy atom. The summed E-state index contributed by atoms with van der Waals surface area (Å²) in [6.07, 6.45) is 0.590. The Hall–Kier alpha value is -3.32. The third-order valence-electron chi connectivity index (χ3n) is 5.97. The van der Waals surface area contributed by atoms with E-state index in [4.69, 9.17) is 9.47 Å². The molecule has 0 saturated carbocycles. The topological polar surface area (TPSA) is 79.3 Å². The van der Waals surface area contributed by atoms with Crippen LogP contribution in [-0.2, 0) is 14.3 Å². The minimum atomic E-state index is -0.672. The third kappa shape index (κ3) is 3.96. The van der Waals surface area contributed by atoms with Gasteiger partial charge in [-0.2, -0.15) is 0 Å². The van der Waals surface area contributed by atoms with Gasteiger partial charge in [0.1, 0.15) is 18.1 Å². The van der Waals surface area contributed by atoms with Gasteiger partial charge in [0.05, 0.1) is 23.8 Å². The van der Waals surface area contributed by atoms with Crippen molar-refractivity contribution >= 4 is 23.1 Å². The maximum Gasteiger partial charge on any atom is 0.295 e. The second-order valence-electron chi connectivity index (χ2n) is 8.21. The number of amides is 1. The van der Waals surface area contributed by atoms with Crippen LogP contribution in [0.2, 0.25) is 0 Å². The number of Topliss-reactive ketones (excluding diaryl/α,β-unsaturated/α-hetero) is 1. The van der Waals surface area contributed by atoms with Crippen LogP contribution in [0.15, 0.2) is 48.0 Å². The molecule has 1 amide bonds. The lowest BCUT2D eigenvalue weighted by Gasteiger charge is -2.28. The van der Waals surface area contributed by atoms with Gasteiger partial charge < -0.3 is 24.4 Å². The number of hydrogen-bond acceptors (Lipinski definition) is 6. The summed E-state index contributed by atoms with van der Waals surface area (Å²) in [7, 11) is 3.55. The highest BCUT2D eigenvalue weighted by molar-refractivity contribution is 6.46. The third-order valence-corrected chi connectivity index (χ3v) is 5.97. The molecule has 2 aromatic rings. The molecular formula is C25H28N2O5. The number of anilines is 1. The SMILES string of the molecule is COCCCN1C(=O)C(=O)/C(=C(\O)c2ccc3c(c2)N(C)CCO3)C1c1cccc(C)c1. The predicted octanol–water partition coefficient (Wildman–Crippen LogP) is 3.28. The Morgan fingerprint density at radius 3 is 2.78 bits per heavy atom. The predicted molar refractivity (Wildman–Crippen MR) is 122 cm³/mol. The summed E-state index contributed by atoms with van der Waals surface area (Å²) in [6, 6.07) is 12.3. The van der Waals surface area contributed by atoms with E-state index < -0.39 is 17.7 Å². The molecule has 0 aliphatic carbocycles. The first-order valence-electron chi connectivity index (χ1n) is 10.7. The molecule has 7 heteroatoms. The smallest absolute Gasteiger partial charge is 0.295 e. The summed E-state index contributed by atoms with van der Waals surface area (Å²) >= 11 is 0. The van der Waals surface area contributed by atoms with E-state index >= 15 is 0 Å². The summed E-state index contributed by atoms with van der Waals surface area (Å²) < 4.78 is 10.8. The van der Waals surface area contributed by atoms with Crippen molar-refractivity contribution in [3.05, 3.63) is 64.7 Å². The summed E-state index contributed by atoms with van der Waals surface area (Å²) in [4.78, 5) is 29.6. The molecule has 4 rings (SSSR count). The lowest BCUT2D eigenvalue weighted by Crippen LogP contribution is -2.31. The Kier molecular flexibility index (Phi) is 6.19. The molecular weight excluding hydrogens is 408 g/mol. The van der Waals surface area contributed by atoms with Crippen molar-refractivity contribution in [1.82, 2.24) is 4.90 Å². The molecule has 0 spiro atoms. The van der Waals surface area contributed by atoms with E-state index in [1.165, 1.54) is 4.90 Å². The van der Waals surface area contributed by atoms with Crippen LogP contribution in [0.4, 0.5) is 5.69 Å². The molecule has 2 aromatic carbocycles. The van der Waals surface area contributed by atoms with E-state index in [1.807, 2.05) is 43.1 Å². The molecule has 0 bridgehead atoms. The highest BCUT2D eigenvalue weighted by Crippen LogP contribution is 2.41. The minimum absolute atomic E-state index is 0.109. The van der Waals surface area contributed by atoms with Gasteiger partial charge in [-0.05, 0) is 37.1 Å². The number of aliphatic hydroxyl groups is 1. The molecule has 7 nitrogen and oxygen atoms in total. The standard InChI is InChI=1S/C25H28N2O5/c1-16-6-4-7-17(14-16)22-21(24(29)25(30)27(22)10-5-12-31-3)23(28)18-8-9-20-19(15-18)26(2)11-13-32-20/h4,6-9,14-15,22,28H,5,10-13H2,1-3H3/b23-21-. The van der Waals surface area contributed by atoms with Crippen LogP contribution in [0, 0.1) is 6.92 Å². The first-order valence-corrected chi connectivity index (χ1v) is 10.7. The van der Waals surface area contributed by atoms with E-state index in [9.17, 15) is 14.7 Å². The van der Waals surface area contributed by atoms with Gasteiger partial charge in [0.25, 0.3) is 11.7 Å². The molecule has 0 radical (unpaired) electrons. The molecule has 1 unspecified atom stereocenters. The quantitative estimate of drug-likeness (QED) is 0.324. The van der Waals surface area contributed by atoms with Gasteiger partial charge in [0.15, 0.2) is 0 Å². The van der Waals surface area contributed by atoms with Crippen molar-refractivity contribution in [3.8, 4) is 5.75 Å². The highest BCUT2D eigenvalue weighted by atomic mass is 16.5. The van der Waals surface area contributed by atoms with Gasteiger partial charge in [-0.3, -0.25) is 9.59 Å². The number of rotatable bonds is 6. The first kappa shape index (κ1) is 21.9. The van der Waals surface area contributed by atoms with Crippen LogP contribution in [0.25, 0.3) is 5.76 Å². The van der Waals surface area contributed by atoms with Gasteiger partial charge >= 0.3 is 0 Å². The molecule has 2 heterocycles. The lowest BCUT2D eigenvalue weighted by molar-refractivity contribution is -0.140. The second kappa shape index (κ2) is 9.04. The maximum absolute atomic E-state index is 13.1. The van der Waals surface area contributed by atoms with Crippen LogP contribution in [0.3, 0.4) is 0 Å². The number of aryl methyl sites for hydroxylation is 1. The number of methoxy groups -OCH3 is 1. The van der Waals surface area contributed by atoms with Crippen molar-refractivity contribution in [2.75, 3.05) is 45.4 Å². The van der Waals surface area contributed by atoms with Gasteiger partial charge in [-0.25, -0.2) is 0 Å². The monoisotopic (exact) mass is 436 g/mol. The Morgan fingerprint density at radius 2 is 2.03 bits per heavy atom. The van der Waals surface area contributed by atoms with Crippen molar-refractivity contribution in [1.29, 1.82) is 0 Å². The van der Waals surface area contributed by atoms with Crippen LogP contribution in [0.1, 0.15) is 29.2 Å². The summed E-state index contributed by atoms with van der Waals surface area (Å²) in [5.41, 5.74) is 3.23. The number of fused-ring (bicyclic) bond motifs is 1. The Balaban J connectivity index is 1.82.